The number of nitrogens with zero attached hydrogens (tertiary/aromatic N) is 1. The van der Waals surface area contributed by atoms with Crippen molar-refractivity contribution in [3.63, 3.8) is 0 Å². The number of unbranched alkanes of at least 4 members (excludes halogenated alkanes) is 2. The Balaban J connectivity index is 2.28. The van der Waals surface area contributed by atoms with Gasteiger partial charge in [0, 0.05) is 0 Å². The molecule has 3 atom stereocenters. The van der Waals surface area contributed by atoms with Crippen LogP contribution < -0.4 is 0 Å². The highest BCUT2D eigenvalue weighted by Crippen LogP contribution is 2.43. The average molecular weight is 299 g/mol. The third-order valence-electron chi connectivity index (χ3n) is 4.10. The standard InChI is InChI=1S/C15H22FNO4/c1-5-6-7-8-10-15(3,19)13(16)11-12(21-10)9(2)17(20-4)14(11)18/h10,13,19H,2,5-8H2,1,3-4H3/t10-,13+,15-/m0/s1. The van der Waals surface area contributed by atoms with Crippen molar-refractivity contribution in [1.82, 2.24) is 5.06 Å². The first-order chi connectivity index (χ1) is 9.86. The summed E-state index contributed by atoms with van der Waals surface area (Å²) in [6.45, 7) is 7.13. The number of hydrogen-bond donors (Lipinski definition) is 1. The average Bonchev–Trinajstić information content (AvgIpc) is 2.67. The lowest BCUT2D eigenvalue weighted by molar-refractivity contribution is -0.159. The van der Waals surface area contributed by atoms with Crippen molar-refractivity contribution >= 4 is 5.91 Å². The van der Waals surface area contributed by atoms with Gasteiger partial charge in [0.25, 0.3) is 5.91 Å². The van der Waals surface area contributed by atoms with Crippen LogP contribution in [0.2, 0.25) is 0 Å². The SMILES string of the molecule is C=C1C2=C(C(=O)N1OC)[C@@H](F)[C@@](C)(O)[C@H](CCCCC)O2. The second-order valence-corrected chi connectivity index (χ2v) is 5.66. The smallest absolute Gasteiger partial charge is 0.285 e. The maximum Gasteiger partial charge on any atom is 0.285 e. The lowest BCUT2D eigenvalue weighted by Gasteiger charge is -2.39. The zero-order valence-electron chi connectivity index (χ0n) is 12.7. The molecule has 2 heterocycles. The van der Waals surface area contributed by atoms with Gasteiger partial charge in [0.15, 0.2) is 11.9 Å². The molecule has 0 fully saturated rings. The van der Waals surface area contributed by atoms with Crippen molar-refractivity contribution in [3.05, 3.63) is 23.6 Å². The fourth-order valence-corrected chi connectivity index (χ4v) is 2.77. The summed E-state index contributed by atoms with van der Waals surface area (Å²) < 4.78 is 20.4. The number of ether oxygens (including phenoxy) is 1. The molecule has 0 aromatic rings. The monoisotopic (exact) mass is 299 g/mol. The largest absolute Gasteiger partial charge is 0.484 e. The van der Waals surface area contributed by atoms with Crippen LogP contribution in [0.15, 0.2) is 23.6 Å². The van der Waals surface area contributed by atoms with Gasteiger partial charge in [-0.25, -0.2) is 4.39 Å². The number of hydroxylamine groups is 2. The highest BCUT2D eigenvalue weighted by molar-refractivity contribution is 6.00. The highest BCUT2D eigenvalue weighted by atomic mass is 19.1. The van der Waals surface area contributed by atoms with Gasteiger partial charge in [-0.05, 0) is 19.8 Å². The minimum Gasteiger partial charge on any atom is -0.484 e. The fourth-order valence-electron chi connectivity index (χ4n) is 2.77. The number of carbonyl (C=O) groups is 1. The molecule has 0 spiro atoms. The summed E-state index contributed by atoms with van der Waals surface area (Å²) >= 11 is 0. The number of carbonyl (C=O) groups excluding carboxylic acids is 1. The molecule has 0 aromatic heterocycles. The topological polar surface area (TPSA) is 59.0 Å². The summed E-state index contributed by atoms with van der Waals surface area (Å²) in [7, 11) is 1.30. The third-order valence-corrected chi connectivity index (χ3v) is 4.10. The van der Waals surface area contributed by atoms with Crippen LogP contribution >= 0.6 is 0 Å². The lowest BCUT2D eigenvalue weighted by Crippen LogP contribution is -2.53. The van der Waals surface area contributed by atoms with E-state index in [0.717, 1.165) is 24.3 Å². The van der Waals surface area contributed by atoms with Crippen LogP contribution in [0.3, 0.4) is 0 Å². The normalized spacial score (nSPS) is 32.5. The molecule has 1 N–H and O–H groups in total. The van der Waals surface area contributed by atoms with Gasteiger partial charge in [-0.15, -0.1) is 0 Å². The maximum absolute atomic E-state index is 14.7. The minimum atomic E-state index is -1.82. The highest BCUT2D eigenvalue weighted by Gasteiger charge is 2.55. The van der Waals surface area contributed by atoms with E-state index in [-0.39, 0.29) is 17.0 Å². The van der Waals surface area contributed by atoms with Gasteiger partial charge >= 0.3 is 0 Å². The predicted octanol–water partition coefficient (Wildman–Crippen LogP) is 2.23. The summed E-state index contributed by atoms with van der Waals surface area (Å²) in [5.41, 5.74) is -1.78. The van der Waals surface area contributed by atoms with E-state index in [1.54, 1.807) is 0 Å². The van der Waals surface area contributed by atoms with Crippen LogP contribution in [0.5, 0.6) is 0 Å². The third kappa shape index (κ3) is 2.46. The summed E-state index contributed by atoms with van der Waals surface area (Å²) in [4.78, 5) is 17.0. The van der Waals surface area contributed by atoms with E-state index in [2.05, 4.69) is 13.5 Å². The van der Waals surface area contributed by atoms with Crippen molar-refractivity contribution in [2.45, 2.75) is 57.4 Å². The van der Waals surface area contributed by atoms with E-state index < -0.39 is 23.8 Å². The van der Waals surface area contributed by atoms with Crippen molar-refractivity contribution in [2.75, 3.05) is 7.11 Å². The fraction of sp³-hybridized carbons (Fsp3) is 0.667. The zero-order valence-corrected chi connectivity index (χ0v) is 12.7. The van der Waals surface area contributed by atoms with Crippen LogP contribution in [-0.4, -0.2) is 41.1 Å². The van der Waals surface area contributed by atoms with Crippen LogP contribution in [-0.2, 0) is 14.4 Å². The Morgan fingerprint density at radius 2 is 2.19 bits per heavy atom. The molecule has 0 saturated carbocycles. The van der Waals surface area contributed by atoms with Crippen molar-refractivity contribution < 1.29 is 23.9 Å². The molecule has 2 aliphatic heterocycles. The Bertz CT molecular complexity index is 486. The first-order valence-electron chi connectivity index (χ1n) is 7.21. The van der Waals surface area contributed by atoms with Gasteiger partial charge in [-0.1, -0.05) is 26.3 Å². The van der Waals surface area contributed by atoms with Gasteiger partial charge in [-0.3, -0.25) is 9.63 Å². The minimum absolute atomic E-state index is 0.0994. The molecule has 0 aliphatic carbocycles. The molecule has 6 heteroatoms. The number of hydrogen-bond acceptors (Lipinski definition) is 4. The van der Waals surface area contributed by atoms with Crippen LogP contribution in [0.1, 0.15) is 39.5 Å². The Labute approximate surface area is 124 Å². The van der Waals surface area contributed by atoms with Crippen LogP contribution in [0.4, 0.5) is 4.39 Å². The van der Waals surface area contributed by atoms with E-state index in [1.807, 2.05) is 0 Å². The van der Waals surface area contributed by atoms with Gasteiger partial charge in [0.05, 0.1) is 7.11 Å². The Hall–Kier alpha value is -1.40. The number of aliphatic hydroxyl groups is 1. The zero-order chi connectivity index (χ0) is 15.8. The van der Waals surface area contributed by atoms with Gasteiger partial charge < -0.3 is 9.84 Å². The molecule has 0 saturated heterocycles. The Morgan fingerprint density at radius 3 is 2.76 bits per heavy atom. The first kappa shape index (κ1) is 16.0. The molecule has 21 heavy (non-hydrogen) atoms. The Morgan fingerprint density at radius 1 is 1.52 bits per heavy atom. The van der Waals surface area contributed by atoms with E-state index in [4.69, 9.17) is 9.57 Å². The summed E-state index contributed by atoms with van der Waals surface area (Å²) in [6.07, 6.45) is 0.803. The molecule has 1 amide bonds. The molecule has 0 aromatic carbocycles. The van der Waals surface area contributed by atoms with E-state index in [1.165, 1.54) is 14.0 Å². The molecule has 2 rings (SSSR count). The van der Waals surface area contributed by atoms with Gasteiger partial charge in [0.1, 0.15) is 23.0 Å². The molecule has 0 radical (unpaired) electrons. The summed E-state index contributed by atoms with van der Waals surface area (Å²) in [5.74, 6) is -0.570. The van der Waals surface area contributed by atoms with Crippen LogP contribution in [0, 0.1) is 0 Å². The number of rotatable bonds is 5. The quantitative estimate of drug-likeness (QED) is 0.791. The number of halogens is 1. The molecule has 118 valence electrons. The van der Waals surface area contributed by atoms with Crippen molar-refractivity contribution in [1.29, 1.82) is 0 Å². The van der Waals surface area contributed by atoms with E-state index in [0.29, 0.717) is 6.42 Å². The first-order valence-corrected chi connectivity index (χ1v) is 7.21. The van der Waals surface area contributed by atoms with Crippen molar-refractivity contribution in [3.8, 4) is 0 Å². The molecule has 5 nitrogen and oxygen atoms in total. The van der Waals surface area contributed by atoms with E-state index >= 15 is 0 Å². The number of alkyl halides is 1. The molecule has 2 aliphatic rings. The molecule has 0 unspecified atom stereocenters. The lowest BCUT2D eigenvalue weighted by atomic mass is 9.83. The van der Waals surface area contributed by atoms with Gasteiger partial charge in [0.2, 0.25) is 0 Å². The maximum atomic E-state index is 14.7. The Kier molecular flexibility index (Phi) is 4.39. The molecular formula is C15H22FNO4. The molecular weight excluding hydrogens is 277 g/mol. The second kappa shape index (κ2) is 5.77. The summed E-state index contributed by atoms with van der Waals surface area (Å²) in [6, 6.07) is 0. The second-order valence-electron chi connectivity index (χ2n) is 5.66. The van der Waals surface area contributed by atoms with E-state index in [9.17, 15) is 14.3 Å². The molecule has 0 bridgehead atoms. The van der Waals surface area contributed by atoms with Crippen LogP contribution in [0.25, 0.3) is 0 Å². The predicted molar refractivity (Wildman–Crippen MR) is 74.6 cm³/mol. The summed E-state index contributed by atoms with van der Waals surface area (Å²) in [5, 5.41) is 11.3. The number of amides is 1. The van der Waals surface area contributed by atoms with Crippen molar-refractivity contribution in [2.24, 2.45) is 0 Å². The van der Waals surface area contributed by atoms with Gasteiger partial charge in [-0.2, -0.15) is 5.06 Å².